The Balaban J connectivity index is 1.85. The number of methoxy groups -OCH3 is 2. The van der Waals surface area contributed by atoms with E-state index < -0.39 is 5.97 Å². The quantitative estimate of drug-likeness (QED) is 0.496. The first-order valence-corrected chi connectivity index (χ1v) is 10.4. The molecule has 0 atom stereocenters. The predicted octanol–water partition coefficient (Wildman–Crippen LogP) is 4.32. The fourth-order valence-corrected chi connectivity index (χ4v) is 3.40. The van der Waals surface area contributed by atoms with Crippen molar-refractivity contribution >= 4 is 11.9 Å². The molecule has 1 amide bonds. The Morgan fingerprint density at radius 3 is 2.30 bits per heavy atom. The topological polar surface area (TPSA) is 85.3 Å². The lowest BCUT2D eigenvalue weighted by Crippen LogP contribution is -2.34. The molecule has 7 nitrogen and oxygen atoms in total. The van der Waals surface area contributed by atoms with Gasteiger partial charge in [-0.3, -0.25) is 4.79 Å². The second kappa shape index (κ2) is 11.0. The third kappa shape index (κ3) is 6.26. The van der Waals surface area contributed by atoms with Crippen LogP contribution in [-0.4, -0.2) is 42.7 Å². The summed E-state index contributed by atoms with van der Waals surface area (Å²) >= 11 is 0. The number of nitrogens with zero attached hydrogens (tertiary/aromatic N) is 1. The molecule has 3 rings (SSSR count). The smallest absolute Gasteiger partial charge is 0.339 e. The molecule has 0 fully saturated rings. The number of aromatic carboxylic acids is 1. The van der Waals surface area contributed by atoms with Crippen LogP contribution in [0, 0.1) is 6.92 Å². The van der Waals surface area contributed by atoms with Crippen molar-refractivity contribution in [2.24, 2.45) is 0 Å². The maximum atomic E-state index is 13.2. The predicted molar refractivity (Wildman–Crippen MR) is 124 cm³/mol. The maximum Gasteiger partial charge on any atom is 0.339 e. The largest absolute Gasteiger partial charge is 0.497 e. The van der Waals surface area contributed by atoms with Crippen molar-refractivity contribution in [2.45, 2.75) is 20.0 Å². The standard InChI is InChI=1S/C26H27NO6/c1-18-9-11-22(26(29)30)24(13-18)33-17-25(28)27(15-19-7-5-4-6-8-19)16-20-14-21(31-2)10-12-23(20)32-3/h4-14H,15-17H2,1-3H3,(H,29,30). The minimum absolute atomic E-state index is 0.0116. The second-order valence-corrected chi connectivity index (χ2v) is 7.51. The molecule has 0 aromatic heterocycles. The van der Waals surface area contributed by atoms with Gasteiger partial charge in [-0.15, -0.1) is 0 Å². The van der Waals surface area contributed by atoms with Crippen LogP contribution in [0.4, 0.5) is 0 Å². The molecule has 1 N–H and O–H groups in total. The molecule has 33 heavy (non-hydrogen) atoms. The number of carboxylic acid groups (broad SMARTS) is 1. The summed E-state index contributed by atoms with van der Waals surface area (Å²) in [6, 6.07) is 19.8. The molecular formula is C26H27NO6. The van der Waals surface area contributed by atoms with E-state index in [0.29, 0.717) is 18.0 Å². The normalized spacial score (nSPS) is 10.4. The van der Waals surface area contributed by atoms with Gasteiger partial charge < -0.3 is 24.2 Å². The summed E-state index contributed by atoms with van der Waals surface area (Å²) in [5.41, 5.74) is 2.58. The van der Waals surface area contributed by atoms with E-state index in [1.165, 1.54) is 6.07 Å². The van der Waals surface area contributed by atoms with Gasteiger partial charge in [0.05, 0.1) is 14.2 Å². The van der Waals surface area contributed by atoms with Crippen molar-refractivity contribution in [3.05, 3.63) is 89.0 Å². The van der Waals surface area contributed by atoms with E-state index in [9.17, 15) is 14.7 Å². The van der Waals surface area contributed by atoms with E-state index in [2.05, 4.69) is 0 Å². The summed E-state index contributed by atoms with van der Waals surface area (Å²) in [7, 11) is 3.15. The van der Waals surface area contributed by atoms with Crippen LogP contribution in [0.2, 0.25) is 0 Å². The van der Waals surface area contributed by atoms with Crippen molar-refractivity contribution in [1.82, 2.24) is 4.90 Å². The zero-order chi connectivity index (χ0) is 23.8. The van der Waals surface area contributed by atoms with Gasteiger partial charge in [-0.2, -0.15) is 0 Å². The Labute approximate surface area is 193 Å². The van der Waals surface area contributed by atoms with Gasteiger partial charge in [0.15, 0.2) is 6.61 Å². The lowest BCUT2D eigenvalue weighted by atomic mass is 10.1. The van der Waals surface area contributed by atoms with Gasteiger partial charge in [0.2, 0.25) is 0 Å². The number of carbonyl (C=O) groups excluding carboxylic acids is 1. The van der Waals surface area contributed by atoms with E-state index in [1.54, 1.807) is 43.4 Å². The Kier molecular flexibility index (Phi) is 7.91. The minimum Gasteiger partial charge on any atom is -0.497 e. The zero-order valence-electron chi connectivity index (χ0n) is 18.9. The minimum atomic E-state index is -1.11. The van der Waals surface area contributed by atoms with Gasteiger partial charge in [0, 0.05) is 18.7 Å². The molecule has 0 heterocycles. The molecule has 0 unspecified atom stereocenters. The molecule has 0 aliphatic carbocycles. The van der Waals surface area contributed by atoms with Crippen molar-refractivity contribution in [1.29, 1.82) is 0 Å². The van der Waals surface area contributed by atoms with E-state index >= 15 is 0 Å². The summed E-state index contributed by atoms with van der Waals surface area (Å²) in [5.74, 6) is 0.0465. The monoisotopic (exact) mass is 449 g/mol. The molecule has 0 bridgehead atoms. The van der Waals surface area contributed by atoms with Crippen LogP contribution in [0.1, 0.15) is 27.0 Å². The number of carboxylic acids is 1. The van der Waals surface area contributed by atoms with Gasteiger partial charge >= 0.3 is 5.97 Å². The fourth-order valence-electron chi connectivity index (χ4n) is 3.40. The molecular weight excluding hydrogens is 422 g/mol. The Morgan fingerprint density at radius 1 is 0.879 bits per heavy atom. The Bertz CT molecular complexity index is 1110. The number of aryl methyl sites for hydroxylation is 1. The first kappa shape index (κ1) is 23.7. The van der Waals surface area contributed by atoms with Crippen molar-refractivity contribution in [3.63, 3.8) is 0 Å². The molecule has 0 aliphatic rings. The summed E-state index contributed by atoms with van der Waals surface area (Å²) in [6.07, 6.45) is 0. The fraction of sp³-hybridized carbons (Fsp3) is 0.231. The van der Waals surface area contributed by atoms with Crippen LogP contribution in [0.25, 0.3) is 0 Å². The van der Waals surface area contributed by atoms with Gasteiger partial charge in [0.25, 0.3) is 5.91 Å². The molecule has 0 saturated carbocycles. The van der Waals surface area contributed by atoms with Crippen molar-refractivity contribution in [2.75, 3.05) is 20.8 Å². The van der Waals surface area contributed by atoms with Crippen LogP contribution in [0.3, 0.4) is 0 Å². The number of hydrogen-bond acceptors (Lipinski definition) is 5. The highest BCUT2D eigenvalue weighted by atomic mass is 16.5. The lowest BCUT2D eigenvalue weighted by molar-refractivity contribution is -0.134. The van der Waals surface area contributed by atoms with E-state index in [-0.39, 0.29) is 30.4 Å². The van der Waals surface area contributed by atoms with Crippen LogP contribution in [-0.2, 0) is 17.9 Å². The van der Waals surface area contributed by atoms with Gasteiger partial charge in [-0.1, -0.05) is 36.4 Å². The number of benzene rings is 3. The molecule has 7 heteroatoms. The van der Waals surface area contributed by atoms with Crippen LogP contribution in [0.15, 0.2) is 66.7 Å². The molecule has 3 aromatic carbocycles. The van der Waals surface area contributed by atoms with E-state index in [1.807, 2.05) is 43.3 Å². The van der Waals surface area contributed by atoms with Gasteiger partial charge in [-0.25, -0.2) is 4.79 Å². The summed E-state index contributed by atoms with van der Waals surface area (Å²) in [6.45, 7) is 2.14. The summed E-state index contributed by atoms with van der Waals surface area (Å²) < 4.78 is 16.5. The van der Waals surface area contributed by atoms with Crippen molar-refractivity contribution in [3.8, 4) is 17.2 Å². The number of amides is 1. The Hall–Kier alpha value is -4.00. The third-order valence-corrected chi connectivity index (χ3v) is 5.14. The highest BCUT2D eigenvalue weighted by Gasteiger charge is 2.20. The zero-order valence-corrected chi connectivity index (χ0v) is 18.9. The van der Waals surface area contributed by atoms with E-state index in [0.717, 1.165) is 16.7 Å². The second-order valence-electron chi connectivity index (χ2n) is 7.51. The van der Waals surface area contributed by atoms with Crippen LogP contribution >= 0.6 is 0 Å². The number of rotatable bonds is 10. The molecule has 172 valence electrons. The van der Waals surface area contributed by atoms with Crippen molar-refractivity contribution < 1.29 is 28.9 Å². The van der Waals surface area contributed by atoms with Gasteiger partial charge in [0.1, 0.15) is 22.8 Å². The highest BCUT2D eigenvalue weighted by Crippen LogP contribution is 2.26. The Morgan fingerprint density at radius 2 is 1.64 bits per heavy atom. The summed E-state index contributed by atoms with van der Waals surface area (Å²) in [4.78, 5) is 26.4. The van der Waals surface area contributed by atoms with Gasteiger partial charge in [-0.05, 0) is 48.4 Å². The molecule has 3 aromatic rings. The first-order chi connectivity index (χ1) is 15.9. The summed E-state index contributed by atoms with van der Waals surface area (Å²) in [5, 5.41) is 9.43. The first-order valence-electron chi connectivity index (χ1n) is 10.4. The third-order valence-electron chi connectivity index (χ3n) is 5.14. The molecule has 0 radical (unpaired) electrons. The highest BCUT2D eigenvalue weighted by molar-refractivity contribution is 5.91. The molecule has 0 saturated heterocycles. The van der Waals surface area contributed by atoms with Crippen LogP contribution in [0.5, 0.6) is 17.2 Å². The average Bonchev–Trinajstić information content (AvgIpc) is 2.82. The SMILES string of the molecule is COc1ccc(OC)c(CN(Cc2ccccc2)C(=O)COc2cc(C)ccc2C(=O)O)c1. The van der Waals surface area contributed by atoms with E-state index in [4.69, 9.17) is 14.2 Å². The van der Waals surface area contributed by atoms with Crippen LogP contribution < -0.4 is 14.2 Å². The molecule has 0 spiro atoms. The number of hydrogen-bond donors (Lipinski definition) is 1. The molecule has 0 aliphatic heterocycles. The number of ether oxygens (including phenoxy) is 3. The number of carbonyl (C=O) groups is 2. The lowest BCUT2D eigenvalue weighted by Gasteiger charge is -2.24. The average molecular weight is 450 g/mol. The maximum absolute atomic E-state index is 13.2.